The minimum absolute atomic E-state index is 0.0217. The van der Waals surface area contributed by atoms with Gasteiger partial charge in [0.2, 0.25) is 0 Å². The van der Waals surface area contributed by atoms with Crippen LogP contribution in [0.15, 0.2) is 24.3 Å². The summed E-state index contributed by atoms with van der Waals surface area (Å²) in [4.78, 5) is 26.0. The normalized spacial score (nSPS) is 40.4. The fraction of sp³-hybridized carbons (Fsp3) is 0.714. The quantitative estimate of drug-likeness (QED) is 0.508. The highest BCUT2D eigenvalue weighted by atomic mass is 16.5. The molecule has 0 N–H and O–H groups in total. The molecule has 0 aromatic heterocycles. The van der Waals surface area contributed by atoms with Crippen molar-refractivity contribution in [3.8, 4) is 0 Å². The third-order valence-electron chi connectivity index (χ3n) is 11.3. The van der Waals surface area contributed by atoms with Crippen molar-refractivity contribution in [1.82, 2.24) is 0 Å². The van der Waals surface area contributed by atoms with Crippen LogP contribution in [0.5, 0.6) is 0 Å². The van der Waals surface area contributed by atoms with Gasteiger partial charge in [0, 0.05) is 10.8 Å². The van der Waals surface area contributed by atoms with E-state index in [-0.39, 0.29) is 45.8 Å². The van der Waals surface area contributed by atoms with E-state index in [0.717, 1.165) is 25.7 Å². The van der Waals surface area contributed by atoms with Gasteiger partial charge in [0.05, 0.1) is 11.1 Å². The zero-order chi connectivity index (χ0) is 23.1. The van der Waals surface area contributed by atoms with Crippen molar-refractivity contribution in [2.24, 2.45) is 33.5 Å². The summed E-state index contributed by atoms with van der Waals surface area (Å²) in [5.74, 6) is 0.558. The lowest BCUT2D eigenvalue weighted by Crippen LogP contribution is -2.38. The minimum Gasteiger partial charge on any atom is -0.458 e. The molecule has 32 heavy (non-hydrogen) atoms. The van der Waals surface area contributed by atoms with Crippen molar-refractivity contribution in [1.29, 1.82) is 0 Å². The predicted octanol–water partition coefficient (Wildman–Crippen LogP) is 6.43. The Morgan fingerprint density at radius 3 is 1.47 bits per heavy atom. The molecule has 0 heterocycles. The van der Waals surface area contributed by atoms with E-state index in [1.807, 2.05) is 0 Å². The van der Waals surface area contributed by atoms with E-state index in [0.29, 0.717) is 23.0 Å². The van der Waals surface area contributed by atoms with Crippen molar-refractivity contribution in [3.05, 3.63) is 35.4 Å². The number of hydrogen-bond donors (Lipinski definition) is 0. The van der Waals surface area contributed by atoms with Crippen molar-refractivity contribution >= 4 is 11.9 Å². The molecular weight excluding hydrogens is 400 g/mol. The molecule has 174 valence electrons. The number of rotatable bonds is 4. The third kappa shape index (κ3) is 2.80. The number of hydrogen-bond acceptors (Lipinski definition) is 4. The molecule has 4 bridgehead atoms. The van der Waals surface area contributed by atoms with Gasteiger partial charge < -0.3 is 9.47 Å². The molecule has 5 rings (SSSR count). The zero-order valence-corrected chi connectivity index (χ0v) is 20.5. The molecule has 0 saturated heterocycles. The number of benzene rings is 1. The SMILES string of the molecule is CC1(C)[C@H]2CC[C@]1(C)[C@H](OC(=O)c1cccc(C(=O)O[C@@H]3C[C@@H]4CC[C@@]3(C)C4(C)C)c1)C2. The molecular formula is C28H38O4. The molecule has 4 nitrogen and oxygen atoms in total. The Balaban J connectivity index is 1.28. The highest BCUT2D eigenvalue weighted by Crippen LogP contribution is 2.67. The Morgan fingerprint density at radius 1 is 0.750 bits per heavy atom. The molecule has 0 unspecified atom stereocenters. The van der Waals surface area contributed by atoms with Gasteiger partial charge in [-0.15, -0.1) is 0 Å². The lowest BCUT2D eigenvalue weighted by atomic mass is 9.70. The van der Waals surface area contributed by atoms with Crippen molar-refractivity contribution in [2.45, 2.75) is 92.3 Å². The van der Waals surface area contributed by atoms with Crippen LogP contribution in [0.1, 0.15) is 101 Å². The molecule has 0 spiro atoms. The van der Waals surface area contributed by atoms with Crippen LogP contribution in [0.25, 0.3) is 0 Å². The minimum atomic E-state index is -0.331. The summed E-state index contributed by atoms with van der Waals surface area (Å²) in [5.41, 5.74) is 1.29. The molecule has 0 amide bonds. The second kappa shape index (κ2) is 6.84. The summed E-state index contributed by atoms with van der Waals surface area (Å²) in [6, 6.07) is 6.88. The maximum Gasteiger partial charge on any atom is 0.338 e. The van der Waals surface area contributed by atoms with Gasteiger partial charge in [-0.1, -0.05) is 47.6 Å². The topological polar surface area (TPSA) is 52.6 Å². The summed E-state index contributed by atoms with van der Waals surface area (Å²) in [5, 5.41) is 0. The number of carbonyl (C=O) groups excluding carboxylic acids is 2. The average molecular weight is 439 g/mol. The first kappa shape index (κ1) is 22.0. The Hall–Kier alpha value is -1.84. The van der Waals surface area contributed by atoms with Crippen LogP contribution in [0.4, 0.5) is 0 Å². The second-order valence-corrected chi connectivity index (χ2v) is 12.6. The van der Waals surface area contributed by atoms with Crippen LogP contribution in [0.3, 0.4) is 0 Å². The average Bonchev–Trinajstić information content (AvgIpc) is 3.26. The molecule has 0 radical (unpaired) electrons. The third-order valence-corrected chi connectivity index (χ3v) is 11.3. The summed E-state index contributed by atoms with van der Waals surface area (Å²) in [6.45, 7) is 13.8. The lowest BCUT2D eigenvalue weighted by Gasteiger charge is -2.38. The molecule has 4 saturated carbocycles. The monoisotopic (exact) mass is 438 g/mol. The largest absolute Gasteiger partial charge is 0.458 e. The van der Waals surface area contributed by atoms with Crippen molar-refractivity contribution < 1.29 is 19.1 Å². The Morgan fingerprint density at radius 2 is 1.16 bits per heavy atom. The Kier molecular flexibility index (Phi) is 4.69. The van der Waals surface area contributed by atoms with Gasteiger partial charge >= 0.3 is 11.9 Å². The van der Waals surface area contributed by atoms with Gasteiger partial charge in [-0.25, -0.2) is 9.59 Å². The van der Waals surface area contributed by atoms with Gasteiger partial charge in [0.15, 0.2) is 0 Å². The van der Waals surface area contributed by atoms with Gasteiger partial charge in [-0.2, -0.15) is 0 Å². The van der Waals surface area contributed by atoms with Crippen molar-refractivity contribution in [3.63, 3.8) is 0 Å². The van der Waals surface area contributed by atoms with Crippen LogP contribution in [-0.2, 0) is 9.47 Å². The van der Waals surface area contributed by atoms with E-state index in [9.17, 15) is 9.59 Å². The summed E-state index contributed by atoms with van der Waals surface area (Å²) in [6.07, 6.45) is 6.40. The fourth-order valence-corrected chi connectivity index (χ4v) is 7.78. The number of fused-ring (bicyclic) bond motifs is 4. The lowest BCUT2D eigenvalue weighted by molar-refractivity contribution is -0.0244. The highest BCUT2D eigenvalue weighted by molar-refractivity contribution is 5.95. The molecule has 4 fully saturated rings. The van der Waals surface area contributed by atoms with E-state index >= 15 is 0 Å². The number of ether oxygens (including phenoxy) is 2. The second-order valence-electron chi connectivity index (χ2n) is 12.6. The predicted molar refractivity (Wildman–Crippen MR) is 123 cm³/mol. The summed E-state index contributed by atoms with van der Waals surface area (Å²) >= 11 is 0. The summed E-state index contributed by atoms with van der Waals surface area (Å²) < 4.78 is 12.1. The molecule has 4 aliphatic carbocycles. The first-order valence-electron chi connectivity index (χ1n) is 12.4. The van der Waals surface area contributed by atoms with E-state index in [1.165, 1.54) is 12.8 Å². The molecule has 1 aromatic rings. The fourth-order valence-electron chi connectivity index (χ4n) is 7.78. The van der Waals surface area contributed by atoms with E-state index < -0.39 is 0 Å². The molecule has 1 aromatic carbocycles. The first-order valence-corrected chi connectivity index (χ1v) is 12.4. The molecule has 6 atom stereocenters. The van der Waals surface area contributed by atoms with E-state index in [4.69, 9.17) is 9.47 Å². The van der Waals surface area contributed by atoms with Crippen LogP contribution < -0.4 is 0 Å². The zero-order valence-electron chi connectivity index (χ0n) is 20.5. The first-order chi connectivity index (χ1) is 14.9. The Bertz CT molecular complexity index is 889. The molecule has 4 heteroatoms. The number of esters is 2. The van der Waals surface area contributed by atoms with Gasteiger partial charge in [0.25, 0.3) is 0 Å². The van der Waals surface area contributed by atoms with Crippen LogP contribution >= 0.6 is 0 Å². The maximum absolute atomic E-state index is 13.0. The van der Waals surface area contributed by atoms with E-state index in [2.05, 4.69) is 41.5 Å². The van der Waals surface area contributed by atoms with Gasteiger partial charge in [-0.05, 0) is 79.4 Å². The van der Waals surface area contributed by atoms with Gasteiger partial charge in [-0.3, -0.25) is 0 Å². The van der Waals surface area contributed by atoms with Crippen molar-refractivity contribution in [2.75, 3.05) is 0 Å². The molecule has 4 aliphatic rings. The summed E-state index contributed by atoms with van der Waals surface area (Å²) in [7, 11) is 0. The maximum atomic E-state index is 13.0. The van der Waals surface area contributed by atoms with Crippen LogP contribution in [-0.4, -0.2) is 24.1 Å². The van der Waals surface area contributed by atoms with E-state index in [1.54, 1.807) is 24.3 Å². The van der Waals surface area contributed by atoms with Gasteiger partial charge in [0.1, 0.15) is 12.2 Å². The number of carbonyl (C=O) groups is 2. The van der Waals surface area contributed by atoms with Crippen LogP contribution in [0.2, 0.25) is 0 Å². The van der Waals surface area contributed by atoms with Crippen LogP contribution in [0, 0.1) is 33.5 Å². The standard InChI is InChI=1S/C28H38O4/c1-25(2)19-10-12-27(25,5)21(15-19)31-23(29)17-8-7-9-18(14-17)24(30)32-22-16-20-11-13-28(22,6)26(20,3)4/h7-9,14,19-22H,10-13,15-16H2,1-6H3/t19-,20-,21+,22+,27+,28+/m0/s1. The Labute approximate surface area is 192 Å². The highest BCUT2D eigenvalue weighted by Gasteiger charge is 2.64. The smallest absolute Gasteiger partial charge is 0.338 e. The molecule has 0 aliphatic heterocycles.